The van der Waals surface area contributed by atoms with Crippen molar-refractivity contribution >= 4 is 21.6 Å². The molecule has 3 nitrogen and oxygen atoms in total. The van der Waals surface area contributed by atoms with Crippen molar-refractivity contribution in [3.05, 3.63) is 28.2 Å². The Morgan fingerprint density at radius 3 is 2.88 bits per heavy atom. The summed E-state index contributed by atoms with van der Waals surface area (Å²) in [4.78, 5) is 0. The first-order valence-corrected chi connectivity index (χ1v) is 6.87. The molecule has 1 aliphatic rings. The molecular formula is C13H19BrN2O. The fourth-order valence-electron chi connectivity index (χ4n) is 1.69. The van der Waals surface area contributed by atoms with Crippen LogP contribution in [0.4, 0.5) is 5.69 Å². The lowest BCUT2D eigenvalue weighted by Crippen LogP contribution is -2.19. The Morgan fingerprint density at radius 1 is 1.35 bits per heavy atom. The average Bonchev–Trinajstić information content (AvgIpc) is 3.05. The van der Waals surface area contributed by atoms with Gasteiger partial charge in [0.1, 0.15) is 0 Å². The fraction of sp³-hybridized carbons (Fsp3) is 0.538. The Bertz CT molecular complexity index is 346. The van der Waals surface area contributed by atoms with Gasteiger partial charge in [0.15, 0.2) is 0 Å². The second-order valence-corrected chi connectivity index (χ2v) is 5.50. The van der Waals surface area contributed by atoms with Crippen LogP contribution in [0.3, 0.4) is 0 Å². The van der Waals surface area contributed by atoms with Crippen molar-refractivity contribution in [2.45, 2.75) is 19.4 Å². The molecule has 0 heterocycles. The van der Waals surface area contributed by atoms with Crippen LogP contribution in [0, 0.1) is 5.92 Å². The van der Waals surface area contributed by atoms with Crippen molar-refractivity contribution in [1.82, 2.24) is 5.32 Å². The maximum Gasteiger partial charge on any atom is 0.0591 e. The molecule has 3 N–H and O–H groups in total. The molecule has 2 rings (SSSR count). The maximum absolute atomic E-state index is 5.77. The number of rotatable bonds is 7. The summed E-state index contributed by atoms with van der Waals surface area (Å²) in [7, 11) is 0. The summed E-state index contributed by atoms with van der Waals surface area (Å²) in [5, 5.41) is 3.35. The van der Waals surface area contributed by atoms with Crippen LogP contribution < -0.4 is 11.1 Å². The smallest absolute Gasteiger partial charge is 0.0591 e. The van der Waals surface area contributed by atoms with Crippen molar-refractivity contribution in [3.8, 4) is 0 Å². The molecule has 94 valence electrons. The van der Waals surface area contributed by atoms with E-state index in [-0.39, 0.29) is 0 Å². The molecule has 0 bridgehead atoms. The summed E-state index contributed by atoms with van der Waals surface area (Å²) in [5.41, 5.74) is 7.76. The number of nitrogens with two attached hydrogens (primary N) is 1. The quantitative estimate of drug-likeness (QED) is 0.601. The van der Waals surface area contributed by atoms with Gasteiger partial charge in [-0.2, -0.15) is 0 Å². The summed E-state index contributed by atoms with van der Waals surface area (Å²) in [5.74, 6) is 0.847. The number of nitrogens with one attached hydrogen (secondary N) is 1. The van der Waals surface area contributed by atoms with E-state index >= 15 is 0 Å². The Labute approximate surface area is 111 Å². The molecule has 0 spiro atoms. The predicted octanol–water partition coefficient (Wildman–Crippen LogP) is 2.55. The first-order chi connectivity index (χ1) is 8.24. The van der Waals surface area contributed by atoms with Gasteiger partial charge in [-0.05, 0) is 42.5 Å². The molecule has 0 saturated heterocycles. The summed E-state index contributed by atoms with van der Waals surface area (Å²) >= 11 is 3.44. The van der Waals surface area contributed by atoms with E-state index in [9.17, 15) is 0 Å². The van der Waals surface area contributed by atoms with Crippen LogP contribution in [0.2, 0.25) is 0 Å². The highest BCUT2D eigenvalue weighted by Crippen LogP contribution is 2.28. The van der Waals surface area contributed by atoms with Crippen LogP contribution in [0.1, 0.15) is 18.4 Å². The van der Waals surface area contributed by atoms with E-state index < -0.39 is 0 Å². The van der Waals surface area contributed by atoms with Crippen LogP contribution >= 0.6 is 15.9 Å². The SMILES string of the molecule is Nc1cc(Br)cc(CNCCOCC2CC2)c1. The molecule has 1 saturated carbocycles. The van der Waals surface area contributed by atoms with Gasteiger partial charge in [0.2, 0.25) is 0 Å². The monoisotopic (exact) mass is 298 g/mol. The van der Waals surface area contributed by atoms with Gasteiger partial charge in [-0.1, -0.05) is 15.9 Å². The minimum absolute atomic E-state index is 0.792. The van der Waals surface area contributed by atoms with E-state index in [1.165, 1.54) is 18.4 Å². The van der Waals surface area contributed by atoms with Gasteiger partial charge in [-0.15, -0.1) is 0 Å². The fourth-order valence-corrected chi connectivity index (χ4v) is 2.25. The van der Waals surface area contributed by atoms with Crippen molar-refractivity contribution in [3.63, 3.8) is 0 Å². The number of benzene rings is 1. The average molecular weight is 299 g/mol. The third-order valence-electron chi connectivity index (χ3n) is 2.78. The van der Waals surface area contributed by atoms with Gasteiger partial charge in [0.05, 0.1) is 6.61 Å². The summed E-state index contributed by atoms with van der Waals surface area (Å²) < 4.78 is 6.57. The van der Waals surface area contributed by atoms with E-state index in [2.05, 4.69) is 27.3 Å². The lowest BCUT2D eigenvalue weighted by Gasteiger charge is -2.07. The van der Waals surface area contributed by atoms with Gasteiger partial charge in [0, 0.05) is 29.9 Å². The highest BCUT2D eigenvalue weighted by Gasteiger charge is 2.20. The summed E-state index contributed by atoms with van der Waals surface area (Å²) in [6.07, 6.45) is 2.70. The molecule has 4 heteroatoms. The first kappa shape index (κ1) is 12.9. The first-order valence-electron chi connectivity index (χ1n) is 6.07. The number of hydrogen-bond donors (Lipinski definition) is 2. The highest BCUT2D eigenvalue weighted by atomic mass is 79.9. The summed E-state index contributed by atoms with van der Waals surface area (Å²) in [6.45, 7) is 3.45. The highest BCUT2D eigenvalue weighted by molar-refractivity contribution is 9.10. The Morgan fingerprint density at radius 2 is 2.18 bits per heavy atom. The Hall–Kier alpha value is -0.580. The standard InChI is InChI=1S/C13H19BrN2O/c14-12-5-11(6-13(15)7-12)8-16-3-4-17-9-10-1-2-10/h5-7,10,16H,1-4,8-9,15H2. The molecular weight excluding hydrogens is 280 g/mol. The number of hydrogen-bond acceptors (Lipinski definition) is 3. The van der Waals surface area contributed by atoms with E-state index in [1.54, 1.807) is 0 Å². The molecule has 17 heavy (non-hydrogen) atoms. The summed E-state index contributed by atoms with van der Waals surface area (Å²) in [6, 6.07) is 5.97. The molecule has 0 radical (unpaired) electrons. The molecule has 1 aliphatic carbocycles. The Kier molecular flexibility index (Phi) is 4.83. The molecule has 1 fully saturated rings. The van der Waals surface area contributed by atoms with E-state index in [0.717, 1.165) is 42.4 Å². The third-order valence-corrected chi connectivity index (χ3v) is 3.24. The van der Waals surface area contributed by atoms with Gasteiger partial charge >= 0.3 is 0 Å². The third kappa shape index (κ3) is 5.06. The molecule has 0 unspecified atom stereocenters. The Balaban J connectivity index is 1.59. The predicted molar refractivity (Wildman–Crippen MR) is 73.8 cm³/mol. The molecule has 0 atom stereocenters. The minimum atomic E-state index is 0.792. The maximum atomic E-state index is 5.77. The van der Waals surface area contributed by atoms with Crippen LogP contribution in [-0.4, -0.2) is 19.8 Å². The second kappa shape index (κ2) is 6.38. The topological polar surface area (TPSA) is 47.3 Å². The largest absolute Gasteiger partial charge is 0.399 e. The molecule has 1 aromatic carbocycles. The van der Waals surface area contributed by atoms with Crippen LogP contribution in [0.5, 0.6) is 0 Å². The number of anilines is 1. The van der Waals surface area contributed by atoms with Crippen LogP contribution in [0.25, 0.3) is 0 Å². The lowest BCUT2D eigenvalue weighted by molar-refractivity contribution is 0.126. The van der Waals surface area contributed by atoms with E-state index in [0.29, 0.717) is 0 Å². The van der Waals surface area contributed by atoms with Crippen molar-refractivity contribution in [2.24, 2.45) is 5.92 Å². The normalized spacial score (nSPS) is 15.1. The molecule has 0 aliphatic heterocycles. The number of halogens is 1. The van der Waals surface area contributed by atoms with Gasteiger partial charge in [0.25, 0.3) is 0 Å². The second-order valence-electron chi connectivity index (χ2n) is 4.59. The van der Waals surface area contributed by atoms with Gasteiger partial charge in [-0.3, -0.25) is 0 Å². The minimum Gasteiger partial charge on any atom is -0.399 e. The van der Waals surface area contributed by atoms with Crippen molar-refractivity contribution in [2.75, 3.05) is 25.5 Å². The van der Waals surface area contributed by atoms with E-state index in [4.69, 9.17) is 10.5 Å². The molecule has 0 amide bonds. The van der Waals surface area contributed by atoms with Crippen LogP contribution in [-0.2, 0) is 11.3 Å². The van der Waals surface area contributed by atoms with Gasteiger partial charge in [-0.25, -0.2) is 0 Å². The van der Waals surface area contributed by atoms with Crippen LogP contribution in [0.15, 0.2) is 22.7 Å². The zero-order valence-corrected chi connectivity index (χ0v) is 11.5. The zero-order valence-electron chi connectivity index (χ0n) is 9.92. The lowest BCUT2D eigenvalue weighted by atomic mass is 10.2. The number of nitrogen functional groups attached to an aromatic ring is 1. The molecule has 1 aromatic rings. The van der Waals surface area contributed by atoms with Crippen molar-refractivity contribution in [1.29, 1.82) is 0 Å². The molecule has 0 aromatic heterocycles. The van der Waals surface area contributed by atoms with Gasteiger partial charge < -0.3 is 15.8 Å². The van der Waals surface area contributed by atoms with E-state index in [1.807, 2.05) is 12.1 Å². The number of ether oxygens (including phenoxy) is 1. The zero-order chi connectivity index (χ0) is 12.1. The van der Waals surface area contributed by atoms with Crippen molar-refractivity contribution < 1.29 is 4.74 Å².